The average molecular weight is 439 g/mol. The first-order chi connectivity index (χ1) is 12.5. The summed E-state index contributed by atoms with van der Waals surface area (Å²) in [5.74, 6) is -0.797. The molecule has 1 N–H and O–H groups in total. The molecule has 3 rings (SSSR count). The van der Waals surface area contributed by atoms with E-state index >= 15 is 0 Å². The number of piperazine rings is 2. The molecule has 1 aromatic carbocycles. The molecule has 160 valence electrons. The van der Waals surface area contributed by atoms with E-state index in [-0.39, 0.29) is 36.8 Å². The summed E-state index contributed by atoms with van der Waals surface area (Å²) in [4.78, 5) is 18.7. The van der Waals surface area contributed by atoms with Crippen LogP contribution in [-0.4, -0.2) is 79.5 Å². The fourth-order valence-corrected chi connectivity index (χ4v) is 3.74. The van der Waals surface area contributed by atoms with Crippen LogP contribution in [-0.2, 0) is 4.79 Å². The monoisotopic (exact) mass is 438 g/mol. The molecule has 2 saturated heterocycles. The molecule has 0 saturated carbocycles. The molecule has 2 heterocycles. The Kier molecular flexibility index (Phi) is 10.6. The normalized spacial score (nSPS) is 19.5. The molecule has 0 radical (unpaired) electrons. The van der Waals surface area contributed by atoms with E-state index in [1.807, 2.05) is 11.8 Å². The van der Waals surface area contributed by atoms with Gasteiger partial charge in [-0.25, -0.2) is 8.78 Å². The van der Waals surface area contributed by atoms with Gasteiger partial charge >= 0.3 is 0 Å². The fourth-order valence-electron chi connectivity index (χ4n) is 3.74. The van der Waals surface area contributed by atoms with Gasteiger partial charge in [0, 0.05) is 83.0 Å². The second-order valence-electron chi connectivity index (χ2n) is 7.10. The second-order valence-corrected chi connectivity index (χ2v) is 7.10. The number of amides is 1. The molecular weight excluding hydrogens is 409 g/mol. The zero-order valence-corrected chi connectivity index (χ0v) is 17.8. The van der Waals surface area contributed by atoms with E-state index in [0.29, 0.717) is 12.0 Å². The van der Waals surface area contributed by atoms with Crippen LogP contribution < -0.4 is 5.32 Å². The van der Waals surface area contributed by atoms with Gasteiger partial charge in [-0.2, -0.15) is 0 Å². The minimum atomic E-state index is -0.544. The highest BCUT2D eigenvalue weighted by Crippen LogP contribution is 2.24. The van der Waals surface area contributed by atoms with Crippen molar-refractivity contribution in [2.24, 2.45) is 0 Å². The summed E-state index contributed by atoms with van der Waals surface area (Å²) in [5, 5.41) is 3.25. The summed E-state index contributed by atoms with van der Waals surface area (Å²) >= 11 is 0. The van der Waals surface area contributed by atoms with Gasteiger partial charge < -0.3 is 15.1 Å². The van der Waals surface area contributed by atoms with Crippen LogP contribution in [0.2, 0.25) is 0 Å². The molecule has 2 fully saturated rings. The number of carbonyl (C=O) groups is 1. The average Bonchev–Trinajstić information content (AvgIpc) is 2.67. The third-order valence-electron chi connectivity index (χ3n) is 5.48. The second kappa shape index (κ2) is 11.9. The van der Waals surface area contributed by atoms with Crippen LogP contribution in [0.25, 0.3) is 0 Å². The van der Waals surface area contributed by atoms with E-state index < -0.39 is 11.6 Å². The number of hydrogen-bond donors (Lipinski definition) is 1. The van der Waals surface area contributed by atoms with Gasteiger partial charge in [-0.1, -0.05) is 6.07 Å². The van der Waals surface area contributed by atoms with Gasteiger partial charge in [0.15, 0.2) is 0 Å². The molecule has 0 aromatic heterocycles. The SMILES string of the molecule is CC(c1ccc(F)cc1F)N1CCN(CCC(=O)N2CCNCC2)CC1.Cl.Cl. The molecule has 1 unspecified atom stereocenters. The molecule has 1 amide bonds. The van der Waals surface area contributed by atoms with Crippen molar-refractivity contribution in [2.75, 3.05) is 58.9 Å². The molecule has 2 aliphatic rings. The summed E-state index contributed by atoms with van der Waals surface area (Å²) in [6.45, 7) is 9.45. The Morgan fingerprint density at radius 1 is 1.07 bits per heavy atom. The van der Waals surface area contributed by atoms with Crippen LogP contribution in [0.4, 0.5) is 8.78 Å². The van der Waals surface area contributed by atoms with E-state index in [9.17, 15) is 13.6 Å². The van der Waals surface area contributed by atoms with E-state index in [1.54, 1.807) is 0 Å². The smallest absolute Gasteiger partial charge is 0.223 e. The Labute approximate surface area is 178 Å². The van der Waals surface area contributed by atoms with Gasteiger partial charge in [0.1, 0.15) is 11.6 Å². The first-order valence-corrected chi connectivity index (χ1v) is 9.44. The number of benzene rings is 1. The van der Waals surface area contributed by atoms with Crippen LogP contribution in [0, 0.1) is 11.6 Å². The molecule has 5 nitrogen and oxygen atoms in total. The number of rotatable bonds is 5. The molecule has 2 aliphatic heterocycles. The minimum Gasteiger partial charge on any atom is -0.340 e. The Morgan fingerprint density at radius 2 is 1.71 bits per heavy atom. The third kappa shape index (κ3) is 6.52. The standard InChI is InChI=1S/C19H28F2N4O.2ClH/c1-15(17-3-2-16(20)14-18(17)21)24-12-10-23(11-13-24)7-4-19(26)25-8-5-22-6-9-25;;/h2-3,14-15,22H,4-13H2,1H3;2*1H. The lowest BCUT2D eigenvalue weighted by Crippen LogP contribution is -2.49. The highest BCUT2D eigenvalue weighted by molar-refractivity contribution is 5.85. The van der Waals surface area contributed by atoms with Crippen molar-refractivity contribution < 1.29 is 13.6 Å². The van der Waals surface area contributed by atoms with Crippen molar-refractivity contribution in [2.45, 2.75) is 19.4 Å². The van der Waals surface area contributed by atoms with Gasteiger partial charge in [0.2, 0.25) is 5.91 Å². The maximum absolute atomic E-state index is 14.0. The third-order valence-corrected chi connectivity index (χ3v) is 5.48. The quantitative estimate of drug-likeness (QED) is 0.765. The van der Waals surface area contributed by atoms with Gasteiger partial charge in [0.25, 0.3) is 0 Å². The lowest BCUT2D eigenvalue weighted by Gasteiger charge is -2.38. The Bertz CT molecular complexity index is 624. The molecule has 0 aliphatic carbocycles. The van der Waals surface area contributed by atoms with E-state index in [0.717, 1.165) is 65.0 Å². The molecule has 1 atom stereocenters. The molecule has 28 heavy (non-hydrogen) atoms. The van der Waals surface area contributed by atoms with E-state index in [4.69, 9.17) is 0 Å². The van der Waals surface area contributed by atoms with Crippen molar-refractivity contribution >= 4 is 30.7 Å². The van der Waals surface area contributed by atoms with Crippen molar-refractivity contribution in [3.05, 3.63) is 35.4 Å². The number of nitrogens with one attached hydrogen (secondary N) is 1. The number of nitrogens with zero attached hydrogens (tertiary/aromatic N) is 3. The Morgan fingerprint density at radius 3 is 2.32 bits per heavy atom. The zero-order chi connectivity index (χ0) is 18.5. The maximum atomic E-state index is 14.0. The fraction of sp³-hybridized carbons (Fsp3) is 0.632. The van der Waals surface area contributed by atoms with Gasteiger partial charge in [0.05, 0.1) is 0 Å². The van der Waals surface area contributed by atoms with E-state index in [2.05, 4.69) is 15.1 Å². The van der Waals surface area contributed by atoms with E-state index in [1.165, 1.54) is 12.1 Å². The predicted molar refractivity (Wildman–Crippen MR) is 111 cm³/mol. The molecule has 0 bridgehead atoms. The lowest BCUT2D eigenvalue weighted by atomic mass is 10.1. The summed E-state index contributed by atoms with van der Waals surface area (Å²) < 4.78 is 27.1. The van der Waals surface area contributed by atoms with Crippen LogP contribution in [0.5, 0.6) is 0 Å². The zero-order valence-electron chi connectivity index (χ0n) is 16.2. The maximum Gasteiger partial charge on any atom is 0.223 e. The molecule has 1 aromatic rings. The van der Waals surface area contributed by atoms with Gasteiger partial charge in [-0.15, -0.1) is 24.8 Å². The first kappa shape index (κ1) is 25.0. The topological polar surface area (TPSA) is 38.8 Å². The molecule has 0 spiro atoms. The minimum absolute atomic E-state index is 0. The number of carbonyl (C=O) groups excluding carboxylic acids is 1. The number of halogens is 4. The van der Waals surface area contributed by atoms with Crippen LogP contribution in [0.15, 0.2) is 18.2 Å². The van der Waals surface area contributed by atoms with Crippen molar-refractivity contribution in [1.82, 2.24) is 20.0 Å². The summed E-state index contributed by atoms with van der Waals surface area (Å²) in [6.07, 6.45) is 0.558. The Balaban J connectivity index is 0.00000196. The van der Waals surface area contributed by atoms with Crippen molar-refractivity contribution in [1.29, 1.82) is 0 Å². The molecule has 9 heteroatoms. The van der Waals surface area contributed by atoms with Crippen LogP contribution in [0.3, 0.4) is 0 Å². The lowest BCUT2D eigenvalue weighted by molar-refractivity contribution is -0.132. The van der Waals surface area contributed by atoms with Crippen LogP contribution in [0.1, 0.15) is 24.9 Å². The summed E-state index contributed by atoms with van der Waals surface area (Å²) in [6, 6.07) is 3.71. The highest BCUT2D eigenvalue weighted by Gasteiger charge is 2.25. The summed E-state index contributed by atoms with van der Waals surface area (Å²) in [7, 11) is 0. The predicted octanol–water partition coefficient (Wildman–Crippen LogP) is 2.31. The van der Waals surface area contributed by atoms with Crippen molar-refractivity contribution in [3.8, 4) is 0 Å². The number of hydrogen-bond acceptors (Lipinski definition) is 4. The largest absolute Gasteiger partial charge is 0.340 e. The Hall–Kier alpha value is -0.990. The van der Waals surface area contributed by atoms with Crippen LogP contribution >= 0.6 is 24.8 Å². The molecular formula is C19H30Cl2F2N4O. The van der Waals surface area contributed by atoms with Crippen molar-refractivity contribution in [3.63, 3.8) is 0 Å². The highest BCUT2D eigenvalue weighted by atomic mass is 35.5. The first-order valence-electron chi connectivity index (χ1n) is 9.44. The van der Waals surface area contributed by atoms with Gasteiger partial charge in [-0.05, 0) is 13.0 Å². The van der Waals surface area contributed by atoms with Gasteiger partial charge in [-0.3, -0.25) is 9.69 Å². The summed E-state index contributed by atoms with van der Waals surface area (Å²) in [5.41, 5.74) is 0.536.